The molecule has 20 heavy (non-hydrogen) atoms. The highest BCUT2D eigenvalue weighted by molar-refractivity contribution is 5.92. The van der Waals surface area contributed by atoms with E-state index in [1.807, 2.05) is 38.1 Å². The van der Waals surface area contributed by atoms with E-state index < -0.39 is 0 Å². The van der Waals surface area contributed by atoms with Crippen LogP contribution in [0, 0.1) is 6.92 Å². The Morgan fingerprint density at radius 3 is 2.80 bits per heavy atom. The number of carbonyl (C=O) groups is 1. The predicted molar refractivity (Wildman–Crippen MR) is 80.7 cm³/mol. The Labute approximate surface area is 120 Å². The molecule has 1 aliphatic heterocycles. The first-order valence-corrected chi connectivity index (χ1v) is 7.33. The van der Waals surface area contributed by atoms with Crippen molar-refractivity contribution < 1.29 is 9.90 Å². The molecule has 4 nitrogen and oxygen atoms in total. The van der Waals surface area contributed by atoms with Gasteiger partial charge in [0, 0.05) is 11.7 Å². The Hall–Kier alpha value is -1.39. The first-order chi connectivity index (χ1) is 9.54. The number of benzene rings is 1. The molecule has 1 aromatic carbocycles. The molecular weight excluding hydrogens is 252 g/mol. The van der Waals surface area contributed by atoms with Gasteiger partial charge < -0.3 is 10.4 Å². The van der Waals surface area contributed by atoms with Crippen molar-refractivity contribution in [1.29, 1.82) is 0 Å². The first kappa shape index (κ1) is 15.0. The van der Waals surface area contributed by atoms with Crippen LogP contribution >= 0.6 is 0 Å². The van der Waals surface area contributed by atoms with E-state index in [4.69, 9.17) is 0 Å². The largest absolute Gasteiger partial charge is 0.393 e. The van der Waals surface area contributed by atoms with Gasteiger partial charge in [-0.1, -0.05) is 17.7 Å². The highest BCUT2D eigenvalue weighted by Crippen LogP contribution is 2.21. The van der Waals surface area contributed by atoms with Gasteiger partial charge in [0.15, 0.2) is 0 Å². The summed E-state index contributed by atoms with van der Waals surface area (Å²) in [5.41, 5.74) is 2.02. The molecule has 2 rings (SSSR count). The van der Waals surface area contributed by atoms with Gasteiger partial charge in [-0.2, -0.15) is 0 Å². The van der Waals surface area contributed by atoms with Crippen molar-refractivity contribution in [2.24, 2.45) is 0 Å². The fourth-order valence-electron chi connectivity index (χ4n) is 2.79. The lowest BCUT2D eigenvalue weighted by Gasteiger charge is -2.24. The zero-order valence-corrected chi connectivity index (χ0v) is 12.3. The van der Waals surface area contributed by atoms with Gasteiger partial charge in [0.1, 0.15) is 0 Å². The van der Waals surface area contributed by atoms with Crippen LogP contribution < -0.4 is 5.32 Å². The van der Waals surface area contributed by atoms with Crippen LogP contribution in [0.1, 0.15) is 31.7 Å². The highest BCUT2D eigenvalue weighted by atomic mass is 16.3. The molecule has 0 spiro atoms. The number of carbonyl (C=O) groups excluding carboxylic acids is 1. The standard InChI is InChI=1S/C16H24N2O2/c1-12-5-7-14(8-6-12)17-16(20)11-18-9-3-4-15(18)10-13(2)19/h5-8,13,15,19H,3-4,9-11H2,1-2H3,(H,17,20). The average Bonchev–Trinajstić information content (AvgIpc) is 2.78. The zero-order valence-electron chi connectivity index (χ0n) is 12.3. The van der Waals surface area contributed by atoms with Crippen molar-refractivity contribution >= 4 is 11.6 Å². The molecule has 1 aromatic rings. The van der Waals surface area contributed by atoms with E-state index in [1.165, 1.54) is 5.56 Å². The van der Waals surface area contributed by atoms with Gasteiger partial charge in [0.25, 0.3) is 0 Å². The van der Waals surface area contributed by atoms with Gasteiger partial charge in [-0.05, 0) is 51.8 Å². The van der Waals surface area contributed by atoms with Gasteiger partial charge in [-0.25, -0.2) is 0 Å². The van der Waals surface area contributed by atoms with E-state index >= 15 is 0 Å². The maximum absolute atomic E-state index is 12.1. The summed E-state index contributed by atoms with van der Waals surface area (Å²) in [6.45, 7) is 5.18. The molecule has 0 aromatic heterocycles. The normalized spacial score (nSPS) is 20.9. The second kappa shape index (κ2) is 6.86. The molecule has 2 atom stereocenters. The summed E-state index contributed by atoms with van der Waals surface area (Å²) in [6.07, 6.45) is 2.62. The lowest BCUT2D eigenvalue weighted by atomic mass is 10.1. The number of likely N-dealkylation sites (tertiary alicyclic amines) is 1. The van der Waals surface area contributed by atoms with Crippen LogP contribution in [0.5, 0.6) is 0 Å². The minimum Gasteiger partial charge on any atom is -0.393 e. The van der Waals surface area contributed by atoms with Crippen molar-refractivity contribution in [2.75, 3.05) is 18.4 Å². The molecule has 0 radical (unpaired) electrons. The van der Waals surface area contributed by atoms with Crippen LogP contribution in [0.3, 0.4) is 0 Å². The van der Waals surface area contributed by atoms with Crippen LogP contribution in [0.15, 0.2) is 24.3 Å². The molecule has 2 N–H and O–H groups in total. The van der Waals surface area contributed by atoms with E-state index in [2.05, 4.69) is 10.2 Å². The molecule has 1 amide bonds. The minimum atomic E-state index is -0.305. The van der Waals surface area contributed by atoms with Crippen LogP contribution in [0.25, 0.3) is 0 Å². The maximum atomic E-state index is 12.1. The molecule has 1 saturated heterocycles. The van der Waals surface area contributed by atoms with Crippen molar-refractivity contribution in [2.45, 2.75) is 45.3 Å². The number of nitrogens with one attached hydrogen (secondary N) is 1. The molecular formula is C16H24N2O2. The molecule has 1 aliphatic rings. The molecule has 0 aliphatic carbocycles. The lowest BCUT2D eigenvalue weighted by Crippen LogP contribution is -2.38. The molecule has 0 bridgehead atoms. The summed E-state index contributed by atoms with van der Waals surface area (Å²) in [4.78, 5) is 14.2. The van der Waals surface area contributed by atoms with Crippen LogP contribution in [0.2, 0.25) is 0 Å². The lowest BCUT2D eigenvalue weighted by molar-refractivity contribution is -0.117. The first-order valence-electron chi connectivity index (χ1n) is 7.33. The van der Waals surface area contributed by atoms with Crippen LogP contribution in [-0.2, 0) is 4.79 Å². The fraction of sp³-hybridized carbons (Fsp3) is 0.562. The van der Waals surface area contributed by atoms with Crippen molar-refractivity contribution in [1.82, 2.24) is 4.90 Å². The monoisotopic (exact) mass is 276 g/mol. The Kier molecular flexibility index (Phi) is 5.15. The topological polar surface area (TPSA) is 52.6 Å². The Morgan fingerprint density at radius 2 is 2.15 bits per heavy atom. The summed E-state index contributed by atoms with van der Waals surface area (Å²) >= 11 is 0. The number of amides is 1. The number of nitrogens with zero attached hydrogens (tertiary/aromatic N) is 1. The van der Waals surface area contributed by atoms with Gasteiger partial charge in [0.2, 0.25) is 5.91 Å². The number of hydrogen-bond donors (Lipinski definition) is 2. The van der Waals surface area contributed by atoms with Crippen molar-refractivity contribution in [3.8, 4) is 0 Å². The summed E-state index contributed by atoms with van der Waals surface area (Å²) in [7, 11) is 0. The van der Waals surface area contributed by atoms with Gasteiger partial charge >= 0.3 is 0 Å². The predicted octanol–water partition coefficient (Wildman–Crippen LogP) is 2.17. The third kappa shape index (κ3) is 4.32. The summed E-state index contributed by atoms with van der Waals surface area (Å²) in [5.74, 6) is 0.0198. The Morgan fingerprint density at radius 1 is 1.45 bits per heavy atom. The number of aliphatic hydroxyl groups is 1. The molecule has 4 heteroatoms. The molecule has 2 unspecified atom stereocenters. The summed E-state index contributed by atoms with van der Waals surface area (Å²) in [5, 5.41) is 12.4. The minimum absolute atomic E-state index is 0.0198. The smallest absolute Gasteiger partial charge is 0.238 e. The quantitative estimate of drug-likeness (QED) is 0.866. The zero-order chi connectivity index (χ0) is 14.5. The van der Waals surface area contributed by atoms with Gasteiger partial charge in [-0.15, -0.1) is 0 Å². The van der Waals surface area contributed by atoms with E-state index in [1.54, 1.807) is 0 Å². The second-order valence-electron chi connectivity index (χ2n) is 5.77. The van der Waals surface area contributed by atoms with Crippen LogP contribution in [0.4, 0.5) is 5.69 Å². The summed E-state index contributed by atoms with van der Waals surface area (Å²) < 4.78 is 0. The molecule has 1 fully saturated rings. The SMILES string of the molecule is Cc1ccc(NC(=O)CN2CCCC2CC(C)O)cc1. The number of aryl methyl sites for hydroxylation is 1. The number of rotatable bonds is 5. The Balaban J connectivity index is 1.86. The van der Waals surface area contributed by atoms with E-state index in [0.29, 0.717) is 12.6 Å². The van der Waals surface area contributed by atoms with Gasteiger partial charge in [-0.3, -0.25) is 9.69 Å². The van der Waals surface area contributed by atoms with E-state index in [-0.39, 0.29) is 12.0 Å². The highest BCUT2D eigenvalue weighted by Gasteiger charge is 2.27. The third-order valence-electron chi connectivity index (χ3n) is 3.79. The van der Waals surface area contributed by atoms with Crippen molar-refractivity contribution in [3.63, 3.8) is 0 Å². The summed E-state index contributed by atoms with van der Waals surface area (Å²) in [6, 6.07) is 8.15. The average molecular weight is 276 g/mol. The Bertz CT molecular complexity index is 442. The number of aliphatic hydroxyl groups excluding tert-OH is 1. The van der Waals surface area contributed by atoms with Crippen LogP contribution in [-0.4, -0.2) is 41.1 Å². The number of hydrogen-bond acceptors (Lipinski definition) is 3. The third-order valence-corrected chi connectivity index (χ3v) is 3.79. The van der Waals surface area contributed by atoms with E-state index in [0.717, 1.165) is 31.5 Å². The second-order valence-corrected chi connectivity index (χ2v) is 5.77. The van der Waals surface area contributed by atoms with E-state index in [9.17, 15) is 9.90 Å². The van der Waals surface area contributed by atoms with Crippen molar-refractivity contribution in [3.05, 3.63) is 29.8 Å². The fourth-order valence-corrected chi connectivity index (χ4v) is 2.79. The molecule has 0 saturated carbocycles. The maximum Gasteiger partial charge on any atom is 0.238 e. The molecule has 110 valence electrons. The number of anilines is 1. The molecule has 1 heterocycles. The van der Waals surface area contributed by atoms with Gasteiger partial charge in [0.05, 0.1) is 12.6 Å².